The van der Waals surface area contributed by atoms with E-state index in [1.807, 2.05) is 24.8 Å². The molecule has 1 aliphatic rings. The van der Waals surface area contributed by atoms with Crippen LogP contribution in [0.25, 0.3) is 0 Å². The summed E-state index contributed by atoms with van der Waals surface area (Å²) in [4.78, 5) is 21.5. The SMILES string of the molecule is CCN(CC)C(=O)CN1CCC(c2cccc(Cc3ccccc3)n2)CC1. The Bertz CT molecular complexity index is 719. The number of carbonyl (C=O) groups excluding carboxylic acids is 1. The number of amides is 1. The predicted molar refractivity (Wildman–Crippen MR) is 110 cm³/mol. The van der Waals surface area contributed by atoms with Gasteiger partial charge in [-0.05, 0) is 57.5 Å². The van der Waals surface area contributed by atoms with Gasteiger partial charge in [0.05, 0.1) is 6.54 Å². The first kappa shape index (κ1) is 19.6. The monoisotopic (exact) mass is 365 g/mol. The molecule has 0 bridgehead atoms. The van der Waals surface area contributed by atoms with Crippen molar-refractivity contribution in [2.24, 2.45) is 0 Å². The van der Waals surface area contributed by atoms with Crippen LogP contribution in [0.15, 0.2) is 48.5 Å². The molecule has 0 N–H and O–H groups in total. The molecule has 1 fully saturated rings. The molecule has 0 unspecified atom stereocenters. The minimum absolute atomic E-state index is 0.251. The summed E-state index contributed by atoms with van der Waals surface area (Å²) < 4.78 is 0. The van der Waals surface area contributed by atoms with Crippen molar-refractivity contribution in [3.63, 3.8) is 0 Å². The van der Waals surface area contributed by atoms with Crippen molar-refractivity contribution >= 4 is 5.91 Å². The number of piperidine rings is 1. The van der Waals surface area contributed by atoms with Gasteiger partial charge in [0.2, 0.25) is 5.91 Å². The largest absolute Gasteiger partial charge is 0.342 e. The fourth-order valence-electron chi connectivity index (χ4n) is 3.88. The summed E-state index contributed by atoms with van der Waals surface area (Å²) in [6, 6.07) is 16.9. The summed E-state index contributed by atoms with van der Waals surface area (Å²) >= 11 is 0. The van der Waals surface area contributed by atoms with Gasteiger partial charge in [0.25, 0.3) is 0 Å². The van der Waals surface area contributed by atoms with Gasteiger partial charge in [-0.1, -0.05) is 36.4 Å². The maximum atomic E-state index is 12.3. The zero-order chi connectivity index (χ0) is 19.1. The maximum Gasteiger partial charge on any atom is 0.236 e. The van der Waals surface area contributed by atoms with Crippen molar-refractivity contribution < 1.29 is 4.79 Å². The molecule has 1 aromatic heterocycles. The Morgan fingerprint density at radius 1 is 1.04 bits per heavy atom. The topological polar surface area (TPSA) is 36.4 Å². The molecule has 0 radical (unpaired) electrons. The first-order chi connectivity index (χ1) is 13.2. The number of hydrogen-bond acceptors (Lipinski definition) is 3. The van der Waals surface area contributed by atoms with Crippen LogP contribution in [0.3, 0.4) is 0 Å². The van der Waals surface area contributed by atoms with E-state index in [0.717, 1.165) is 51.1 Å². The Hall–Kier alpha value is -2.20. The van der Waals surface area contributed by atoms with Crippen molar-refractivity contribution in [2.75, 3.05) is 32.7 Å². The van der Waals surface area contributed by atoms with Crippen LogP contribution < -0.4 is 0 Å². The zero-order valence-corrected chi connectivity index (χ0v) is 16.6. The molecular formula is C23H31N3O. The second kappa shape index (κ2) is 9.65. The summed E-state index contributed by atoms with van der Waals surface area (Å²) in [5.74, 6) is 0.752. The number of likely N-dealkylation sites (N-methyl/N-ethyl adjacent to an activating group) is 1. The van der Waals surface area contributed by atoms with Crippen LogP contribution in [0, 0.1) is 0 Å². The van der Waals surface area contributed by atoms with E-state index in [9.17, 15) is 4.79 Å². The molecule has 0 spiro atoms. The first-order valence-corrected chi connectivity index (χ1v) is 10.2. The van der Waals surface area contributed by atoms with E-state index in [4.69, 9.17) is 4.98 Å². The average Bonchev–Trinajstić information content (AvgIpc) is 2.70. The Morgan fingerprint density at radius 2 is 1.74 bits per heavy atom. The molecule has 3 rings (SSSR count). The molecule has 1 aromatic carbocycles. The highest BCUT2D eigenvalue weighted by Crippen LogP contribution is 2.27. The minimum atomic E-state index is 0.251. The normalized spacial score (nSPS) is 15.6. The number of benzene rings is 1. The Labute approximate surface area is 163 Å². The van der Waals surface area contributed by atoms with E-state index in [1.54, 1.807) is 0 Å². The Kier molecular flexibility index (Phi) is 6.99. The number of carbonyl (C=O) groups is 1. The third-order valence-corrected chi connectivity index (χ3v) is 5.54. The summed E-state index contributed by atoms with van der Waals surface area (Å²) in [5.41, 5.74) is 3.64. The summed E-state index contributed by atoms with van der Waals surface area (Å²) in [6.07, 6.45) is 3.03. The zero-order valence-electron chi connectivity index (χ0n) is 16.6. The van der Waals surface area contributed by atoms with Crippen LogP contribution in [-0.4, -0.2) is 53.4 Å². The van der Waals surface area contributed by atoms with Gasteiger partial charge in [0, 0.05) is 36.8 Å². The van der Waals surface area contributed by atoms with Crippen LogP contribution in [0.4, 0.5) is 0 Å². The molecule has 1 amide bonds. The standard InChI is InChI=1S/C23H31N3O/c1-3-26(4-2)23(27)18-25-15-13-20(14-16-25)22-12-8-11-21(24-22)17-19-9-6-5-7-10-19/h5-12,20H,3-4,13-18H2,1-2H3. The van der Waals surface area contributed by atoms with Crippen LogP contribution in [0.1, 0.15) is 49.6 Å². The third kappa shape index (κ3) is 5.39. The molecule has 0 saturated carbocycles. The molecule has 0 atom stereocenters. The highest BCUT2D eigenvalue weighted by molar-refractivity contribution is 5.78. The summed E-state index contributed by atoms with van der Waals surface area (Å²) in [6.45, 7) is 8.18. The maximum absolute atomic E-state index is 12.3. The number of aromatic nitrogens is 1. The fourth-order valence-corrected chi connectivity index (χ4v) is 3.88. The van der Waals surface area contributed by atoms with Gasteiger partial charge in [-0.2, -0.15) is 0 Å². The van der Waals surface area contributed by atoms with Gasteiger partial charge >= 0.3 is 0 Å². The summed E-state index contributed by atoms with van der Waals surface area (Å²) in [7, 11) is 0. The molecule has 2 aromatic rings. The number of rotatable bonds is 7. The van der Waals surface area contributed by atoms with Crippen molar-refractivity contribution in [3.05, 3.63) is 65.5 Å². The average molecular weight is 366 g/mol. The van der Waals surface area contributed by atoms with Crippen molar-refractivity contribution in [1.29, 1.82) is 0 Å². The summed E-state index contributed by atoms with van der Waals surface area (Å²) in [5, 5.41) is 0. The molecule has 4 nitrogen and oxygen atoms in total. The molecule has 0 aliphatic carbocycles. The number of nitrogens with zero attached hydrogens (tertiary/aromatic N) is 3. The van der Waals surface area contributed by atoms with Gasteiger partial charge in [-0.25, -0.2) is 0 Å². The predicted octanol–water partition coefficient (Wildman–Crippen LogP) is 3.72. The van der Waals surface area contributed by atoms with Gasteiger partial charge in [-0.15, -0.1) is 0 Å². The van der Waals surface area contributed by atoms with Crippen LogP contribution >= 0.6 is 0 Å². The highest BCUT2D eigenvalue weighted by atomic mass is 16.2. The second-order valence-corrected chi connectivity index (χ2v) is 7.33. The molecular weight excluding hydrogens is 334 g/mol. The molecule has 2 heterocycles. The lowest BCUT2D eigenvalue weighted by atomic mass is 9.92. The molecule has 4 heteroatoms. The fraction of sp³-hybridized carbons (Fsp3) is 0.478. The van der Waals surface area contributed by atoms with Gasteiger partial charge in [0.1, 0.15) is 0 Å². The Balaban J connectivity index is 1.55. The van der Waals surface area contributed by atoms with E-state index < -0.39 is 0 Å². The lowest BCUT2D eigenvalue weighted by molar-refractivity contribution is -0.132. The lowest BCUT2D eigenvalue weighted by Gasteiger charge is -2.32. The Morgan fingerprint density at radius 3 is 2.41 bits per heavy atom. The smallest absolute Gasteiger partial charge is 0.236 e. The first-order valence-electron chi connectivity index (χ1n) is 10.2. The van der Waals surface area contributed by atoms with Gasteiger partial charge in [0.15, 0.2) is 0 Å². The van der Waals surface area contributed by atoms with E-state index in [0.29, 0.717) is 12.5 Å². The lowest BCUT2D eigenvalue weighted by Crippen LogP contribution is -2.43. The van der Waals surface area contributed by atoms with Crippen molar-refractivity contribution in [2.45, 2.75) is 39.0 Å². The number of hydrogen-bond donors (Lipinski definition) is 0. The van der Waals surface area contributed by atoms with E-state index >= 15 is 0 Å². The quantitative estimate of drug-likeness (QED) is 0.750. The van der Waals surface area contributed by atoms with Crippen LogP contribution in [0.5, 0.6) is 0 Å². The number of likely N-dealkylation sites (tertiary alicyclic amines) is 1. The minimum Gasteiger partial charge on any atom is -0.342 e. The van der Waals surface area contributed by atoms with Gasteiger partial charge in [-0.3, -0.25) is 14.7 Å². The molecule has 1 aliphatic heterocycles. The number of pyridine rings is 1. The van der Waals surface area contributed by atoms with Crippen molar-refractivity contribution in [1.82, 2.24) is 14.8 Å². The van der Waals surface area contributed by atoms with E-state index in [-0.39, 0.29) is 5.91 Å². The highest BCUT2D eigenvalue weighted by Gasteiger charge is 2.24. The van der Waals surface area contributed by atoms with E-state index in [1.165, 1.54) is 11.3 Å². The second-order valence-electron chi connectivity index (χ2n) is 7.33. The van der Waals surface area contributed by atoms with Crippen LogP contribution in [0.2, 0.25) is 0 Å². The van der Waals surface area contributed by atoms with Crippen molar-refractivity contribution in [3.8, 4) is 0 Å². The molecule has 144 valence electrons. The molecule has 27 heavy (non-hydrogen) atoms. The van der Waals surface area contributed by atoms with E-state index in [2.05, 4.69) is 47.4 Å². The third-order valence-electron chi connectivity index (χ3n) is 5.54. The van der Waals surface area contributed by atoms with Gasteiger partial charge < -0.3 is 4.90 Å². The van der Waals surface area contributed by atoms with Crippen LogP contribution in [-0.2, 0) is 11.2 Å². The molecule has 1 saturated heterocycles.